The molecule has 0 atom stereocenters. The summed E-state index contributed by atoms with van der Waals surface area (Å²) in [7, 11) is 0. The molecule has 0 aromatic rings. The summed E-state index contributed by atoms with van der Waals surface area (Å²) >= 11 is 0. The third kappa shape index (κ3) is 1040000. The molecule has 0 aliphatic carbocycles. The predicted octanol–water partition coefficient (Wildman–Crippen LogP) is 2.42. The Labute approximate surface area is 74.3 Å². The Hall–Kier alpha value is 0.0249. The molecule has 0 aromatic heterocycles. The lowest BCUT2D eigenvalue weighted by Gasteiger charge is -2.06. The molecule has 0 aromatic carbocycles. The highest BCUT2D eigenvalue weighted by Crippen LogP contribution is 2.08. The van der Waals surface area contributed by atoms with Gasteiger partial charge in [0.1, 0.15) is 0 Å². The van der Waals surface area contributed by atoms with E-state index in [9.17, 15) is 0 Å². The predicted molar refractivity (Wildman–Crippen MR) is 54.8 cm³/mol. The Kier molecular flexibility index (Phi) is 8.83. The molecule has 2 N–H and O–H groups in total. The van der Waals surface area contributed by atoms with Gasteiger partial charge in [0, 0.05) is 14.0 Å². The highest BCUT2D eigenvalue weighted by molar-refractivity contribution is 5.75. The molecule has 0 amide bonds. The van der Waals surface area contributed by atoms with Crippen LogP contribution in [0.1, 0.15) is 48.5 Å². The Morgan fingerprint density at radius 1 is 0.727 bits per heavy atom. The van der Waals surface area contributed by atoms with E-state index in [1.54, 1.807) is 0 Å². The molecular formula is C9H23BN. The summed E-state index contributed by atoms with van der Waals surface area (Å²) in [5.41, 5.74) is 5.85. The van der Waals surface area contributed by atoms with E-state index in [0.717, 1.165) is 0 Å². The van der Waals surface area contributed by atoms with E-state index in [4.69, 9.17) is 5.73 Å². The third-order valence-corrected chi connectivity index (χ3v) is 0. The first-order chi connectivity index (χ1) is 4.00. The van der Waals surface area contributed by atoms with E-state index in [0.29, 0.717) is 5.41 Å². The minimum absolute atomic E-state index is 0. The summed E-state index contributed by atoms with van der Waals surface area (Å²) in [4.78, 5) is 0. The van der Waals surface area contributed by atoms with Crippen LogP contribution in [-0.4, -0.2) is 14.0 Å². The molecule has 3 radical (unpaired) electrons. The van der Waals surface area contributed by atoms with Gasteiger partial charge in [-0.15, -0.1) is 0 Å². The van der Waals surface area contributed by atoms with Crippen molar-refractivity contribution < 1.29 is 0 Å². The summed E-state index contributed by atoms with van der Waals surface area (Å²) in [5, 5.41) is 0. The van der Waals surface area contributed by atoms with Gasteiger partial charge in [0.15, 0.2) is 0 Å². The van der Waals surface area contributed by atoms with E-state index in [1.165, 1.54) is 0 Å². The molecule has 0 saturated heterocycles. The molecular weight excluding hydrogens is 133 g/mol. The van der Waals surface area contributed by atoms with Crippen LogP contribution in [0.4, 0.5) is 0 Å². The van der Waals surface area contributed by atoms with Crippen LogP contribution in [0.3, 0.4) is 0 Å². The first-order valence-corrected chi connectivity index (χ1v) is 3.79. The van der Waals surface area contributed by atoms with Crippen LogP contribution < -0.4 is 5.73 Å². The zero-order valence-corrected chi connectivity index (χ0v) is 9.15. The topological polar surface area (TPSA) is 26.0 Å². The standard InChI is InChI=1S/C5H12.C4H11N.B/c1-5(2,3)4;1-4(2,3)5;/h1-4H3;5H2,1-3H3;. The van der Waals surface area contributed by atoms with Crippen LogP contribution in [0.25, 0.3) is 0 Å². The average molecular weight is 156 g/mol. The lowest BCUT2D eigenvalue weighted by atomic mass is 10.0. The van der Waals surface area contributed by atoms with Crippen molar-refractivity contribution in [3.8, 4) is 0 Å². The molecule has 67 valence electrons. The monoisotopic (exact) mass is 156 g/mol. The fourth-order valence-corrected chi connectivity index (χ4v) is 0. The molecule has 0 saturated carbocycles. The Bertz CT molecular complexity index is 52.5. The lowest BCUT2D eigenvalue weighted by molar-refractivity contribution is 0.469. The second kappa shape index (κ2) is 5.65. The van der Waals surface area contributed by atoms with Crippen LogP contribution in [0.5, 0.6) is 0 Å². The van der Waals surface area contributed by atoms with E-state index < -0.39 is 0 Å². The van der Waals surface area contributed by atoms with Crippen LogP contribution in [-0.2, 0) is 0 Å². The van der Waals surface area contributed by atoms with Crippen LogP contribution in [0.15, 0.2) is 0 Å². The molecule has 0 bridgehead atoms. The highest BCUT2D eigenvalue weighted by Gasteiger charge is 1.96. The minimum atomic E-state index is 0. The molecule has 0 fully saturated rings. The van der Waals surface area contributed by atoms with Gasteiger partial charge in [-0.2, -0.15) is 0 Å². The highest BCUT2D eigenvalue weighted by atomic mass is 14.7. The molecule has 0 spiro atoms. The largest absolute Gasteiger partial charge is 0.326 e. The average Bonchev–Trinajstić information content (AvgIpc) is 1.12. The molecule has 0 heterocycles. The maximum absolute atomic E-state index is 5.35. The van der Waals surface area contributed by atoms with E-state index in [2.05, 4.69) is 27.7 Å². The van der Waals surface area contributed by atoms with Crippen molar-refractivity contribution >= 4 is 8.41 Å². The van der Waals surface area contributed by atoms with E-state index >= 15 is 0 Å². The van der Waals surface area contributed by atoms with Crippen LogP contribution in [0.2, 0.25) is 0 Å². The van der Waals surface area contributed by atoms with Crippen molar-refractivity contribution in [3.63, 3.8) is 0 Å². The van der Waals surface area contributed by atoms with Gasteiger partial charge in [0.2, 0.25) is 0 Å². The summed E-state index contributed by atoms with van der Waals surface area (Å²) in [6, 6.07) is 0. The zero-order chi connectivity index (χ0) is 9.00. The lowest BCUT2D eigenvalue weighted by Crippen LogP contribution is -2.26. The normalized spacial score (nSPS) is 10.9. The van der Waals surface area contributed by atoms with Gasteiger partial charge < -0.3 is 5.73 Å². The third-order valence-electron chi connectivity index (χ3n) is 0. The maximum atomic E-state index is 5.35. The van der Waals surface area contributed by atoms with Crippen molar-refractivity contribution in [2.75, 3.05) is 0 Å². The van der Waals surface area contributed by atoms with Crippen LogP contribution >= 0.6 is 0 Å². The van der Waals surface area contributed by atoms with Gasteiger partial charge in [-0.25, -0.2) is 0 Å². The van der Waals surface area contributed by atoms with Gasteiger partial charge in [0.05, 0.1) is 0 Å². The molecule has 0 rings (SSSR count). The maximum Gasteiger partial charge on any atom is 0.00686 e. The van der Waals surface area contributed by atoms with Gasteiger partial charge in [-0.3, -0.25) is 0 Å². The second-order valence-electron chi connectivity index (χ2n) is 5.37. The van der Waals surface area contributed by atoms with Crippen molar-refractivity contribution in [2.45, 2.75) is 54.0 Å². The van der Waals surface area contributed by atoms with Gasteiger partial charge >= 0.3 is 0 Å². The fourth-order valence-electron chi connectivity index (χ4n) is 0. The molecule has 1 nitrogen and oxygen atoms in total. The number of rotatable bonds is 0. The van der Waals surface area contributed by atoms with Gasteiger partial charge in [-0.05, 0) is 26.2 Å². The summed E-state index contributed by atoms with van der Waals surface area (Å²) in [6.45, 7) is 14.6. The molecule has 11 heavy (non-hydrogen) atoms. The van der Waals surface area contributed by atoms with Crippen molar-refractivity contribution in [1.29, 1.82) is 0 Å². The van der Waals surface area contributed by atoms with Crippen molar-refractivity contribution in [3.05, 3.63) is 0 Å². The summed E-state index contributed by atoms with van der Waals surface area (Å²) < 4.78 is 0. The van der Waals surface area contributed by atoms with E-state index in [1.807, 2.05) is 20.8 Å². The number of hydrogen-bond donors (Lipinski definition) is 1. The SMILES string of the molecule is CC(C)(C)C.CC(C)(C)N.[B]. The quantitative estimate of drug-likeness (QED) is 0.535. The Morgan fingerprint density at radius 2 is 0.727 bits per heavy atom. The number of nitrogens with two attached hydrogens (primary N) is 1. The molecule has 2 heteroatoms. The number of hydrogen-bond acceptors (Lipinski definition) is 1. The second-order valence-corrected chi connectivity index (χ2v) is 5.37. The zero-order valence-electron chi connectivity index (χ0n) is 9.15. The molecule has 0 aliphatic heterocycles. The molecule has 0 aliphatic rings. The minimum Gasteiger partial charge on any atom is -0.326 e. The summed E-state index contributed by atoms with van der Waals surface area (Å²) in [5.74, 6) is 0. The van der Waals surface area contributed by atoms with Gasteiger partial charge in [-0.1, -0.05) is 27.7 Å². The van der Waals surface area contributed by atoms with Crippen molar-refractivity contribution in [2.24, 2.45) is 11.1 Å². The molecule has 0 unspecified atom stereocenters. The fraction of sp³-hybridized carbons (Fsp3) is 1.00. The first-order valence-electron chi connectivity index (χ1n) is 3.79. The van der Waals surface area contributed by atoms with Gasteiger partial charge in [0.25, 0.3) is 0 Å². The Morgan fingerprint density at radius 3 is 0.727 bits per heavy atom. The van der Waals surface area contributed by atoms with Crippen LogP contribution in [0, 0.1) is 5.41 Å². The van der Waals surface area contributed by atoms with E-state index in [-0.39, 0.29) is 14.0 Å². The Balaban J connectivity index is -0.000000107. The van der Waals surface area contributed by atoms with Crippen molar-refractivity contribution in [1.82, 2.24) is 0 Å². The summed E-state index contributed by atoms with van der Waals surface area (Å²) in [6.07, 6.45) is 0. The first kappa shape index (κ1) is 17.2. The smallest absolute Gasteiger partial charge is 0.00686 e.